The third kappa shape index (κ3) is 3.22. The van der Waals surface area contributed by atoms with Crippen molar-refractivity contribution in [1.29, 1.82) is 0 Å². The van der Waals surface area contributed by atoms with E-state index in [0.717, 1.165) is 11.3 Å². The summed E-state index contributed by atoms with van der Waals surface area (Å²) in [6, 6.07) is 15.0. The maximum Gasteiger partial charge on any atom is 0.259 e. The van der Waals surface area contributed by atoms with E-state index >= 15 is 0 Å². The summed E-state index contributed by atoms with van der Waals surface area (Å²) in [7, 11) is 3.95. The van der Waals surface area contributed by atoms with Crippen LogP contribution in [0.15, 0.2) is 53.5 Å². The Kier molecular flexibility index (Phi) is 4.35. The van der Waals surface area contributed by atoms with Gasteiger partial charge in [0.2, 0.25) is 0 Å². The SMILES string of the molecule is CN(C)c1ccc(C(=O)N2CCN=C2c2cccc(Cl)c2)cc1. The Balaban J connectivity index is 1.85. The van der Waals surface area contributed by atoms with Crippen LogP contribution in [-0.4, -0.2) is 43.8 Å². The van der Waals surface area contributed by atoms with Gasteiger partial charge in [0.25, 0.3) is 5.91 Å². The fourth-order valence-electron chi connectivity index (χ4n) is 2.58. The van der Waals surface area contributed by atoms with Crippen molar-refractivity contribution in [3.63, 3.8) is 0 Å². The molecule has 0 fully saturated rings. The Morgan fingerprint density at radius 2 is 1.91 bits per heavy atom. The molecule has 0 unspecified atom stereocenters. The van der Waals surface area contributed by atoms with Crippen molar-refractivity contribution >= 4 is 29.0 Å². The fraction of sp³-hybridized carbons (Fsp3) is 0.222. The minimum atomic E-state index is -0.0356. The van der Waals surface area contributed by atoms with E-state index in [1.54, 1.807) is 4.90 Å². The molecule has 0 spiro atoms. The second kappa shape index (κ2) is 6.42. The molecule has 1 aliphatic rings. The molecule has 3 rings (SSSR count). The molecule has 0 atom stereocenters. The molecule has 0 saturated heterocycles. The van der Waals surface area contributed by atoms with E-state index in [0.29, 0.717) is 29.5 Å². The van der Waals surface area contributed by atoms with E-state index in [1.165, 1.54) is 0 Å². The first-order valence-corrected chi connectivity index (χ1v) is 7.84. The van der Waals surface area contributed by atoms with Gasteiger partial charge < -0.3 is 4.90 Å². The zero-order valence-corrected chi connectivity index (χ0v) is 13.9. The molecule has 0 radical (unpaired) electrons. The topological polar surface area (TPSA) is 35.9 Å². The maximum absolute atomic E-state index is 12.8. The zero-order chi connectivity index (χ0) is 16.4. The van der Waals surface area contributed by atoms with Gasteiger partial charge in [-0.05, 0) is 36.4 Å². The van der Waals surface area contributed by atoms with Gasteiger partial charge in [0.15, 0.2) is 0 Å². The molecule has 0 aliphatic carbocycles. The summed E-state index contributed by atoms with van der Waals surface area (Å²) in [5, 5.41) is 0.639. The largest absolute Gasteiger partial charge is 0.378 e. The number of benzene rings is 2. The zero-order valence-electron chi connectivity index (χ0n) is 13.2. The molecule has 0 saturated carbocycles. The fourth-order valence-corrected chi connectivity index (χ4v) is 2.77. The lowest BCUT2D eigenvalue weighted by molar-refractivity contribution is 0.0858. The molecule has 1 amide bonds. The number of carbonyl (C=O) groups excluding carboxylic acids is 1. The van der Waals surface area contributed by atoms with Crippen LogP contribution in [-0.2, 0) is 0 Å². The molecule has 23 heavy (non-hydrogen) atoms. The summed E-state index contributed by atoms with van der Waals surface area (Å²) in [5.41, 5.74) is 2.59. The van der Waals surface area contributed by atoms with Crippen molar-refractivity contribution in [2.45, 2.75) is 0 Å². The minimum Gasteiger partial charge on any atom is -0.378 e. The highest BCUT2D eigenvalue weighted by Gasteiger charge is 2.25. The Morgan fingerprint density at radius 1 is 1.17 bits per heavy atom. The van der Waals surface area contributed by atoms with Crippen LogP contribution in [0.2, 0.25) is 5.02 Å². The molecule has 118 valence electrons. The number of anilines is 1. The summed E-state index contributed by atoms with van der Waals surface area (Å²) in [6.45, 7) is 1.21. The molecule has 1 heterocycles. The number of hydrogen-bond donors (Lipinski definition) is 0. The highest BCUT2D eigenvalue weighted by atomic mass is 35.5. The average Bonchev–Trinajstić information content (AvgIpc) is 3.04. The van der Waals surface area contributed by atoms with Gasteiger partial charge in [0.1, 0.15) is 5.84 Å². The Bertz CT molecular complexity index is 753. The van der Waals surface area contributed by atoms with Crippen LogP contribution in [0, 0.1) is 0 Å². The molecule has 0 bridgehead atoms. The van der Waals surface area contributed by atoms with Gasteiger partial charge in [-0.2, -0.15) is 0 Å². The lowest BCUT2D eigenvalue weighted by Gasteiger charge is -2.19. The van der Waals surface area contributed by atoms with Gasteiger partial charge in [-0.3, -0.25) is 14.7 Å². The molecular weight excluding hydrogens is 310 g/mol. The van der Waals surface area contributed by atoms with E-state index < -0.39 is 0 Å². The first-order chi connectivity index (χ1) is 11.1. The van der Waals surface area contributed by atoms with E-state index in [-0.39, 0.29) is 5.91 Å². The molecule has 2 aromatic carbocycles. The summed E-state index contributed by atoms with van der Waals surface area (Å²) in [5.74, 6) is 0.653. The summed E-state index contributed by atoms with van der Waals surface area (Å²) < 4.78 is 0. The monoisotopic (exact) mass is 327 g/mol. The molecule has 5 heteroatoms. The van der Waals surface area contributed by atoms with Gasteiger partial charge in [0.05, 0.1) is 6.54 Å². The number of rotatable bonds is 3. The van der Waals surface area contributed by atoms with E-state index in [2.05, 4.69) is 4.99 Å². The van der Waals surface area contributed by atoms with Crippen LogP contribution in [0.1, 0.15) is 15.9 Å². The van der Waals surface area contributed by atoms with Crippen LogP contribution in [0.5, 0.6) is 0 Å². The quantitative estimate of drug-likeness (QED) is 0.867. The smallest absolute Gasteiger partial charge is 0.259 e. The van der Waals surface area contributed by atoms with E-state index in [1.807, 2.05) is 67.5 Å². The van der Waals surface area contributed by atoms with Crippen molar-refractivity contribution < 1.29 is 4.79 Å². The number of aliphatic imine (C=N–C) groups is 1. The highest BCUT2D eigenvalue weighted by molar-refractivity contribution is 6.31. The summed E-state index contributed by atoms with van der Waals surface area (Å²) >= 11 is 6.05. The molecule has 1 aliphatic heterocycles. The standard InChI is InChI=1S/C18H18ClN3O/c1-21(2)16-8-6-13(7-9-16)18(23)22-11-10-20-17(22)14-4-3-5-15(19)12-14/h3-9,12H,10-11H2,1-2H3. The van der Waals surface area contributed by atoms with E-state index in [4.69, 9.17) is 11.6 Å². The van der Waals surface area contributed by atoms with E-state index in [9.17, 15) is 4.79 Å². The van der Waals surface area contributed by atoms with Crippen LogP contribution >= 0.6 is 11.6 Å². The lowest BCUT2D eigenvalue weighted by Crippen LogP contribution is -2.34. The van der Waals surface area contributed by atoms with Crippen LogP contribution < -0.4 is 4.90 Å². The van der Waals surface area contributed by atoms with Crippen molar-refractivity contribution in [3.05, 3.63) is 64.7 Å². The predicted molar refractivity (Wildman–Crippen MR) is 94.7 cm³/mol. The Hall–Kier alpha value is -2.33. The molecule has 0 N–H and O–H groups in total. The van der Waals surface area contributed by atoms with Gasteiger partial charge in [-0.25, -0.2) is 0 Å². The van der Waals surface area contributed by atoms with Gasteiger partial charge in [-0.15, -0.1) is 0 Å². The Labute approximate surface area is 141 Å². The molecular formula is C18H18ClN3O. The first kappa shape index (κ1) is 15.6. The average molecular weight is 328 g/mol. The number of nitrogens with zero attached hydrogens (tertiary/aromatic N) is 3. The Morgan fingerprint density at radius 3 is 2.57 bits per heavy atom. The van der Waals surface area contributed by atoms with Crippen LogP contribution in [0.4, 0.5) is 5.69 Å². The third-order valence-electron chi connectivity index (χ3n) is 3.80. The van der Waals surface area contributed by atoms with Gasteiger partial charge >= 0.3 is 0 Å². The number of halogens is 1. The van der Waals surface area contributed by atoms with Crippen molar-refractivity contribution in [3.8, 4) is 0 Å². The van der Waals surface area contributed by atoms with Gasteiger partial charge in [0, 0.05) is 42.5 Å². The first-order valence-electron chi connectivity index (χ1n) is 7.46. The molecule has 2 aromatic rings. The van der Waals surface area contributed by atoms with Crippen molar-refractivity contribution in [2.24, 2.45) is 4.99 Å². The number of amides is 1. The molecule has 4 nitrogen and oxygen atoms in total. The summed E-state index contributed by atoms with van der Waals surface area (Å²) in [6.07, 6.45) is 0. The second-order valence-electron chi connectivity index (χ2n) is 5.61. The van der Waals surface area contributed by atoms with Crippen LogP contribution in [0.25, 0.3) is 0 Å². The van der Waals surface area contributed by atoms with Crippen molar-refractivity contribution in [1.82, 2.24) is 4.90 Å². The second-order valence-corrected chi connectivity index (χ2v) is 6.05. The number of carbonyl (C=O) groups is 1. The number of amidine groups is 1. The normalized spacial score (nSPS) is 13.9. The maximum atomic E-state index is 12.8. The predicted octanol–water partition coefficient (Wildman–Crippen LogP) is 3.31. The molecule has 0 aromatic heterocycles. The number of hydrogen-bond acceptors (Lipinski definition) is 3. The third-order valence-corrected chi connectivity index (χ3v) is 4.03. The van der Waals surface area contributed by atoms with Crippen molar-refractivity contribution in [2.75, 3.05) is 32.1 Å². The summed E-state index contributed by atoms with van der Waals surface area (Å²) in [4.78, 5) is 21.0. The lowest BCUT2D eigenvalue weighted by atomic mass is 10.1. The van der Waals surface area contributed by atoms with Crippen LogP contribution in [0.3, 0.4) is 0 Å². The van der Waals surface area contributed by atoms with Gasteiger partial charge in [-0.1, -0.05) is 23.7 Å². The highest BCUT2D eigenvalue weighted by Crippen LogP contribution is 2.19. The minimum absolute atomic E-state index is 0.0356.